The molecule has 0 saturated carbocycles. The Kier molecular flexibility index (Phi) is 2.35. The fourth-order valence-corrected chi connectivity index (χ4v) is 1.41. The molecule has 1 aliphatic heterocycles. The Labute approximate surface area is 83.1 Å². The van der Waals surface area contributed by atoms with E-state index in [9.17, 15) is 0 Å². The molecule has 4 heteroatoms. The van der Waals surface area contributed by atoms with E-state index in [0.717, 1.165) is 5.56 Å². The molecular formula is C10H13N3O. The van der Waals surface area contributed by atoms with Crippen molar-refractivity contribution in [2.75, 3.05) is 0 Å². The number of benzene rings is 1. The van der Waals surface area contributed by atoms with Crippen LogP contribution in [0.1, 0.15) is 25.6 Å². The van der Waals surface area contributed by atoms with Crippen LogP contribution < -0.4 is 0 Å². The lowest BCUT2D eigenvalue weighted by molar-refractivity contribution is -0.0133. The molecule has 2 rings (SSSR count). The molecule has 0 spiro atoms. The molecule has 0 aromatic heterocycles. The summed E-state index contributed by atoms with van der Waals surface area (Å²) in [5.41, 5.74) is 1.08. The van der Waals surface area contributed by atoms with Crippen LogP contribution in [0.15, 0.2) is 40.8 Å². The first kappa shape index (κ1) is 8.99. The average Bonchev–Trinajstić information content (AvgIpc) is 2.67. The highest BCUT2D eigenvalue weighted by molar-refractivity contribution is 5.17. The van der Waals surface area contributed by atoms with Gasteiger partial charge in [-0.3, -0.25) is 0 Å². The molecule has 1 unspecified atom stereocenters. The molecule has 1 heterocycles. The van der Waals surface area contributed by atoms with Gasteiger partial charge in [0.2, 0.25) is 6.23 Å². The third-order valence-corrected chi connectivity index (χ3v) is 2.14. The molecule has 1 aromatic carbocycles. The predicted octanol–water partition coefficient (Wildman–Crippen LogP) is 2.71. The summed E-state index contributed by atoms with van der Waals surface area (Å²) in [7, 11) is 0. The first-order valence-corrected chi connectivity index (χ1v) is 4.69. The van der Waals surface area contributed by atoms with Gasteiger partial charge in [-0.25, -0.2) is 5.01 Å². The molecule has 1 atom stereocenters. The van der Waals surface area contributed by atoms with Gasteiger partial charge in [0, 0.05) is 16.9 Å². The monoisotopic (exact) mass is 191 g/mol. The predicted molar refractivity (Wildman–Crippen MR) is 52.1 cm³/mol. The van der Waals surface area contributed by atoms with Gasteiger partial charge >= 0.3 is 0 Å². The average molecular weight is 191 g/mol. The first-order valence-electron chi connectivity index (χ1n) is 4.69. The SMILES string of the molecule is CC(C)N1N=NOC1c1ccccc1. The fraction of sp³-hybridized carbons (Fsp3) is 0.400. The number of hydrogen-bond donors (Lipinski definition) is 0. The minimum atomic E-state index is -0.170. The lowest BCUT2D eigenvalue weighted by Crippen LogP contribution is -2.27. The van der Waals surface area contributed by atoms with Crippen LogP contribution in [-0.4, -0.2) is 11.1 Å². The molecule has 0 aliphatic carbocycles. The Hall–Kier alpha value is -1.58. The van der Waals surface area contributed by atoms with Gasteiger partial charge in [-0.2, -0.15) is 0 Å². The molecule has 14 heavy (non-hydrogen) atoms. The van der Waals surface area contributed by atoms with E-state index in [-0.39, 0.29) is 12.3 Å². The van der Waals surface area contributed by atoms with E-state index in [1.165, 1.54) is 0 Å². The van der Waals surface area contributed by atoms with E-state index in [2.05, 4.69) is 24.3 Å². The summed E-state index contributed by atoms with van der Waals surface area (Å²) in [6.45, 7) is 4.12. The Bertz CT molecular complexity index is 323. The van der Waals surface area contributed by atoms with Crippen molar-refractivity contribution in [3.05, 3.63) is 35.9 Å². The largest absolute Gasteiger partial charge is 0.346 e. The molecule has 1 aliphatic rings. The van der Waals surface area contributed by atoms with Crippen molar-refractivity contribution < 1.29 is 4.84 Å². The third kappa shape index (κ3) is 1.55. The van der Waals surface area contributed by atoms with Crippen molar-refractivity contribution in [1.29, 1.82) is 0 Å². The Balaban J connectivity index is 2.20. The maximum atomic E-state index is 5.20. The molecule has 4 nitrogen and oxygen atoms in total. The minimum Gasteiger partial charge on any atom is -0.346 e. The summed E-state index contributed by atoms with van der Waals surface area (Å²) in [4.78, 5) is 5.20. The quantitative estimate of drug-likeness (QED) is 0.720. The second-order valence-corrected chi connectivity index (χ2v) is 3.51. The molecule has 0 fully saturated rings. The molecule has 0 amide bonds. The van der Waals surface area contributed by atoms with Crippen LogP contribution in [0.5, 0.6) is 0 Å². The van der Waals surface area contributed by atoms with E-state index in [1.54, 1.807) is 0 Å². The fourth-order valence-electron chi connectivity index (χ4n) is 1.41. The molecule has 1 aromatic rings. The lowest BCUT2D eigenvalue weighted by atomic mass is 10.2. The summed E-state index contributed by atoms with van der Waals surface area (Å²) in [5, 5.41) is 9.37. The van der Waals surface area contributed by atoms with Gasteiger partial charge in [0.25, 0.3) is 0 Å². The lowest BCUT2D eigenvalue weighted by Gasteiger charge is -2.22. The topological polar surface area (TPSA) is 37.2 Å². The summed E-state index contributed by atoms with van der Waals surface area (Å²) < 4.78 is 0. The van der Waals surface area contributed by atoms with Crippen LogP contribution in [0.3, 0.4) is 0 Å². The van der Waals surface area contributed by atoms with Crippen LogP contribution in [0.2, 0.25) is 0 Å². The van der Waals surface area contributed by atoms with Crippen molar-refractivity contribution >= 4 is 0 Å². The van der Waals surface area contributed by atoms with Crippen LogP contribution in [0, 0.1) is 0 Å². The first-order chi connectivity index (χ1) is 6.79. The van der Waals surface area contributed by atoms with Crippen LogP contribution >= 0.6 is 0 Å². The van der Waals surface area contributed by atoms with E-state index in [1.807, 2.05) is 35.3 Å². The smallest absolute Gasteiger partial charge is 0.243 e. The number of nitrogens with zero attached hydrogens (tertiary/aromatic N) is 3. The molecular weight excluding hydrogens is 178 g/mol. The second-order valence-electron chi connectivity index (χ2n) is 3.51. The van der Waals surface area contributed by atoms with Gasteiger partial charge in [0.1, 0.15) is 0 Å². The highest BCUT2D eigenvalue weighted by Gasteiger charge is 2.27. The summed E-state index contributed by atoms with van der Waals surface area (Å²) in [6.07, 6.45) is -0.170. The maximum Gasteiger partial charge on any atom is 0.243 e. The van der Waals surface area contributed by atoms with Gasteiger partial charge in [0.05, 0.1) is 0 Å². The molecule has 74 valence electrons. The highest BCUT2D eigenvalue weighted by atomic mass is 16.7. The van der Waals surface area contributed by atoms with Crippen molar-refractivity contribution in [1.82, 2.24) is 5.01 Å². The van der Waals surface area contributed by atoms with Crippen molar-refractivity contribution in [3.63, 3.8) is 0 Å². The molecule has 0 N–H and O–H groups in total. The standard InChI is InChI=1S/C10H13N3O/c1-8(2)13-10(14-12-11-13)9-6-4-3-5-7-9/h3-8,10H,1-2H3. The molecule has 0 radical (unpaired) electrons. The highest BCUT2D eigenvalue weighted by Crippen LogP contribution is 2.29. The zero-order valence-corrected chi connectivity index (χ0v) is 8.29. The Morgan fingerprint density at radius 3 is 2.64 bits per heavy atom. The van der Waals surface area contributed by atoms with Gasteiger partial charge in [-0.05, 0) is 19.1 Å². The Morgan fingerprint density at radius 1 is 1.29 bits per heavy atom. The molecule has 0 saturated heterocycles. The summed E-state index contributed by atoms with van der Waals surface area (Å²) in [6, 6.07) is 10.2. The Morgan fingerprint density at radius 2 is 2.00 bits per heavy atom. The van der Waals surface area contributed by atoms with E-state index < -0.39 is 0 Å². The molecule has 0 bridgehead atoms. The summed E-state index contributed by atoms with van der Waals surface area (Å²) >= 11 is 0. The van der Waals surface area contributed by atoms with Crippen LogP contribution in [0.25, 0.3) is 0 Å². The van der Waals surface area contributed by atoms with Crippen molar-refractivity contribution in [2.45, 2.75) is 26.1 Å². The van der Waals surface area contributed by atoms with Crippen molar-refractivity contribution in [2.24, 2.45) is 10.5 Å². The van der Waals surface area contributed by atoms with Crippen LogP contribution in [0.4, 0.5) is 0 Å². The zero-order chi connectivity index (χ0) is 9.97. The summed E-state index contributed by atoms with van der Waals surface area (Å²) in [5.74, 6) is 0. The van der Waals surface area contributed by atoms with Crippen LogP contribution in [-0.2, 0) is 4.84 Å². The number of rotatable bonds is 2. The van der Waals surface area contributed by atoms with E-state index in [4.69, 9.17) is 4.84 Å². The number of hydrogen-bond acceptors (Lipinski definition) is 4. The van der Waals surface area contributed by atoms with Gasteiger partial charge < -0.3 is 4.84 Å². The van der Waals surface area contributed by atoms with E-state index >= 15 is 0 Å². The second kappa shape index (κ2) is 3.65. The van der Waals surface area contributed by atoms with E-state index in [0.29, 0.717) is 0 Å². The van der Waals surface area contributed by atoms with Gasteiger partial charge in [-0.1, -0.05) is 30.3 Å². The van der Waals surface area contributed by atoms with Crippen molar-refractivity contribution in [3.8, 4) is 0 Å². The van der Waals surface area contributed by atoms with Gasteiger partial charge in [0.15, 0.2) is 0 Å². The van der Waals surface area contributed by atoms with Gasteiger partial charge in [-0.15, -0.1) is 0 Å². The zero-order valence-electron chi connectivity index (χ0n) is 8.29. The third-order valence-electron chi connectivity index (χ3n) is 2.14. The normalized spacial score (nSPS) is 20.2. The maximum absolute atomic E-state index is 5.20. The minimum absolute atomic E-state index is 0.170.